The predicted molar refractivity (Wildman–Crippen MR) is 55.1 cm³/mol. The number of esters is 1. The molecule has 0 aliphatic rings. The highest BCUT2D eigenvalue weighted by molar-refractivity contribution is 7.91. The van der Waals surface area contributed by atoms with Gasteiger partial charge in [0.15, 0.2) is 9.84 Å². The lowest BCUT2D eigenvalue weighted by atomic mass is 10.3. The number of ether oxygens (including phenoxy) is 1. The highest BCUT2D eigenvalue weighted by atomic mass is 32.2. The van der Waals surface area contributed by atoms with E-state index in [-0.39, 0.29) is 31.0 Å². The average Bonchev–Trinajstić information content (AvgIpc) is 2.14. The molecule has 0 spiro atoms. The maximum Gasteiger partial charge on any atom is 0.306 e. The van der Waals surface area contributed by atoms with Crippen molar-refractivity contribution in [1.29, 1.82) is 0 Å². The molecule has 7 nitrogen and oxygen atoms in total. The summed E-state index contributed by atoms with van der Waals surface area (Å²) in [7, 11) is -3.38. The van der Waals surface area contributed by atoms with Crippen molar-refractivity contribution in [3.8, 4) is 0 Å². The lowest BCUT2D eigenvalue weighted by molar-refractivity contribution is -0.144. The second-order valence-corrected chi connectivity index (χ2v) is 5.37. The molecule has 0 rings (SSSR count). The van der Waals surface area contributed by atoms with Gasteiger partial charge in [0.25, 0.3) is 0 Å². The van der Waals surface area contributed by atoms with E-state index in [1.54, 1.807) is 0 Å². The molecule has 0 aliphatic carbocycles. The summed E-state index contributed by atoms with van der Waals surface area (Å²) in [6.45, 7) is -0.738. The van der Waals surface area contributed by atoms with Crippen LogP contribution in [0.3, 0.4) is 0 Å². The van der Waals surface area contributed by atoms with E-state index in [0.29, 0.717) is 0 Å². The molecule has 0 radical (unpaired) electrons. The Labute approximate surface area is 93.5 Å². The normalized spacial score (nSPS) is 11.1. The molecule has 0 heterocycles. The van der Waals surface area contributed by atoms with E-state index >= 15 is 0 Å². The van der Waals surface area contributed by atoms with Crippen LogP contribution >= 0.6 is 0 Å². The Morgan fingerprint density at radius 2 is 1.81 bits per heavy atom. The van der Waals surface area contributed by atoms with Crippen molar-refractivity contribution in [2.24, 2.45) is 5.73 Å². The Balaban J connectivity index is 3.74. The Hall–Kier alpha value is -1.15. The van der Waals surface area contributed by atoms with E-state index in [1.807, 2.05) is 0 Å². The number of hydrogen-bond donors (Lipinski definition) is 2. The zero-order valence-corrected chi connectivity index (χ0v) is 9.53. The van der Waals surface area contributed by atoms with Gasteiger partial charge in [-0.1, -0.05) is 0 Å². The van der Waals surface area contributed by atoms with Gasteiger partial charge in [0.2, 0.25) is 5.91 Å². The Kier molecular flexibility index (Phi) is 6.66. The Morgan fingerprint density at radius 1 is 1.19 bits per heavy atom. The molecule has 0 aliphatic heterocycles. The van der Waals surface area contributed by atoms with Gasteiger partial charge in [0.05, 0.1) is 24.5 Å². The van der Waals surface area contributed by atoms with Gasteiger partial charge in [-0.3, -0.25) is 9.59 Å². The summed E-state index contributed by atoms with van der Waals surface area (Å²) in [5, 5.41) is 8.42. The van der Waals surface area contributed by atoms with E-state index in [0.717, 1.165) is 0 Å². The zero-order chi connectivity index (χ0) is 12.6. The van der Waals surface area contributed by atoms with Crippen LogP contribution in [0.15, 0.2) is 0 Å². The third-order valence-corrected chi connectivity index (χ3v) is 3.23. The molecule has 3 N–H and O–H groups in total. The first-order valence-electron chi connectivity index (χ1n) is 4.62. The highest BCUT2D eigenvalue weighted by Crippen LogP contribution is 1.94. The average molecular weight is 253 g/mol. The van der Waals surface area contributed by atoms with Crippen LogP contribution in [0.2, 0.25) is 0 Å². The van der Waals surface area contributed by atoms with Gasteiger partial charge in [-0.25, -0.2) is 8.42 Å². The lowest BCUT2D eigenvalue weighted by Crippen LogP contribution is -2.20. The van der Waals surface area contributed by atoms with Crippen LogP contribution in [0, 0.1) is 0 Å². The molecule has 0 aromatic rings. The number of nitrogens with two attached hydrogens (primary N) is 1. The van der Waals surface area contributed by atoms with Crippen molar-refractivity contribution >= 4 is 21.7 Å². The van der Waals surface area contributed by atoms with E-state index in [1.165, 1.54) is 0 Å². The van der Waals surface area contributed by atoms with Crippen molar-refractivity contribution < 1.29 is 27.9 Å². The number of rotatable bonds is 8. The van der Waals surface area contributed by atoms with Gasteiger partial charge >= 0.3 is 5.97 Å². The van der Waals surface area contributed by atoms with Crippen LogP contribution in [0.5, 0.6) is 0 Å². The van der Waals surface area contributed by atoms with Gasteiger partial charge in [-0.2, -0.15) is 0 Å². The van der Waals surface area contributed by atoms with Crippen molar-refractivity contribution in [3.05, 3.63) is 0 Å². The topological polar surface area (TPSA) is 124 Å². The largest absolute Gasteiger partial charge is 0.465 e. The van der Waals surface area contributed by atoms with E-state index in [4.69, 9.17) is 10.8 Å². The number of primary amides is 1. The van der Waals surface area contributed by atoms with Crippen LogP contribution < -0.4 is 5.73 Å². The number of hydrogen-bond acceptors (Lipinski definition) is 6. The first-order chi connectivity index (χ1) is 7.37. The monoisotopic (exact) mass is 253 g/mol. The fourth-order valence-electron chi connectivity index (χ4n) is 0.821. The Morgan fingerprint density at radius 3 is 2.31 bits per heavy atom. The molecule has 0 aromatic heterocycles. The summed E-state index contributed by atoms with van der Waals surface area (Å²) < 4.78 is 26.7. The first-order valence-corrected chi connectivity index (χ1v) is 6.45. The third-order valence-electron chi connectivity index (χ3n) is 1.64. The molecular weight excluding hydrogens is 238 g/mol. The van der Waals surface area contributed by atoms with Crippen LogP contribution in [0.1, 0.15) is 12.8 Å². The van der Waals surface area contributed by atoms with Gasteiger partial charge < -0.3 is 15.6 Å². The maximum absolute atomic E-state index is 11.1. The molecule has 0 atom stereocenters. The molecule has 16 heavy (non-hydrogen) atoms. The molecule has 0 aromatic carbocycles. The summed E-state index contributed by atoms with van der Waals surface area (Å²) in [6, 6.07) is 0. The van der Waals surface area contributed by atoms with E-state index in [9.17, 15) is 18.0 Å². The molecule has 0 unspecified atom stereocenters. The van der Waals surface area contributed by atoms with Crippen molar-refractivity contribution in [2.45, 2.75) is 12.8 Å². The first kappa shape index (κ1) is 14.8. The van der Waals surface area contributed by atoms with Crippen LogP contribution in [-0.2, 0) is 24.2 Å². The van der Waals surface area contributed by atoms with Gasteiger partial charge in [-0.05, 0) is 0 Å². The fourth-order valence-corrected chi connectivity index (χ4v) is 1.64. The molecule has 1 amide bonds. The smallest absolute Gasteiger partial charge is 0.306 e. The van der Waals surface area contributed by atoms with Crippen LogP contribution in [0.25, 0.3) is 0 Å². The summed E-state index contributed by atoms with van der Waals surface area (Å²) in [5.74, 6) is -1.98. The maximum atomic E-state index is 11.1. The predicted octanol–water partition coefficient (Wildman–Crippen LogP) is -1.80. The summed E-state index contributed by atoms with van der Waals surface area (Å²) >= 11 is 0. The van der Waals surface area contributed by atoms with E-state index < -0.39 is 28.3 Å². The standard InChI is InChI=1S/C8H15NO6S/c9-7(11)1-2-8(12)15-4-6-16(13,14)5-3-10/h10H,1-6H2,(H2,9,11). The van der Waals surface area contributed by atoms with Crippen LogP contribution in [-0.4, -0.2) is 50.1 Å². The molecule has 0 saturated heterocycles. The third kappa shape index (κ3) is 8.18. The van der Waals surface area contributed by atoms with E-state index in [2.05, 4.69) is 4.74 Å². The number of carbonyl (C=O) groups is 2. The number of aliphatic hydroxyl groups is 1. The lowest BCUT2D eigenvalue weighted by Gasteiger charge is -2.04. The highest BCUT2D eigenvalue weighted by Gasteiger charge is 2.11. The number of aliphatic hydroxyl groups excluding tert-OH is 1. The second-order valence-electron chi connectivity index (χ2n) is 3.06. The van der Waals surface area contributed by atoms with Gasteiger partial charge in [-0.15, -0.1) is 0 Å². The molecule has 0 saturated carbocycles. The summed E-state index contributed by atoms with van der Waals surface area (Å²) in [5.41, 5.74) is 4.81. The summed E-state index contributed by atoms with van der Waals surface area (Å²) in [6.07, 6.45) is -0.280. The minimum Gasteiger partial charge on any atom is -0.465 e. The second kappa shape index (κ2) is 7.18. The number of amides is 1. The molecule has 0 fully saturated rings. The Bertz CT molecular complexity index is 336. The molecule has 0 bridgehead atoms. The van der Waals surface area contributed by atoms with Crippen molar-refractivity contribution in [3.63, 3.8) is 0 Å². The molecule has 94 valence electrons. The van der Waals surface area contributed by atoms with Gasteiger partial charge in [0.1, 0.15) is 6.61 Å². The SMILES string of the molecule is NC(=O)CCC(=O)OCCS(=O)(=O)CCO. The molecular formula is C8H15NO6S. The number of carbonyl (C=O) groups excluding carboxylic acids is 2. The summed E-state index contributed by atoms with van der Waals surface area (Å²) in [4.78, 5) is 21.2. The van der Waals surface area contributed by atoms with Gasteiger partial charge in [0, 0.05) is 6.42 Å². The van der Waals surface area contributed by atoms with Crippen molar-refractivity contribution in [2.75, 3.05) is 24.7 Å². The van der Waals surface area contributed by atoms with Crippen molar-refractivity contribution in [1.82, 2.24) is 0 Å². The zero-order valence-electron chi connectivity index (χ0n) is 8.72. The quantitative estimate of drug-likeness (QED) is 0.492. The minimum atomic E-state index is -3.38. The number of sulfone groups is 1. The fraction of sp³-hybridized carbons (Fsp3) is 0.750. The molecule has 8 heteroatoms. The van der Waals surface area contributed by atoms with Crippen LogP contribution in [0.4, 0.5) is 0 Å². The minimum absolute atomic E-state index is 0.123.